The number of anilines is 1. The maximum absolute atomic E-state index is 11.7. The van der Waals surface area contributed by atoms with Crippen LogP contribution in [-0.4, -0.2) is 5.78 Å². The average Bonchev–Trinajstić information content (AvgIpc) is 2.63. The highest BCUT2D eigenvalue weighted by molar-refractivity contribution is 5.95. The van der Waals surface area contributed by atoms with Crippen molar-refractivity contribution in [1.29, 1.82) is 0 Å². The van der Waals surface area contributed by atoms with E-state index in [-0.39, 0.29) is 5.78 Å². The van der Waals surface area contributed by atoms with Crippen molar-refractivity contribution >= 4 is 11.5 Å². The number of rotatable bonds is 6. The van der Waals surface area contributed by atoms with Gasteiger partial charge in [0.05, 0.1) is 0 Å². The molecule has 0 heterocycles. The topological polar surface area (TPSA) is 20.3 Å². The molecule has 0 aliphatic carbocycles. The number of carbonyl (C=O) groups excluding carboxylic acids is 1. The van der Waals surface area contributed by atoms with E-state index in [0.29, 0.717) is 0 Å². The maximum atomic E-state index is 11.7. The van der Waals surface area contributed by atoms with E-state index in [1.807, 2.05) is 30.3 Å². The molecule has 2 nitrogen and oxygen atoms in total. The zero-order chi connectivity index (χ0) is 16.8. The van der Waals surface area contributed by atoms with Gasteiger partial charge in [-0.15, -0.1) is 0 Å². The quantitative estimate of drug-likeness (QED) is 0.590. The molecule has 0 fully saturated rings. The van der Waals surface area contributed by atoms with Crippen LogP contribution in [0.5, 0.6) is 0 Å². The first-order chi connectivity index (χ1) is 11.7. The summed E-state index contributed by atoms with van der Waals surface area (Å²) in [5.74, 6) is 0.0937. The number of carbonyl (C=O) groups is 1. The maximum Gasteiger partial charge on any atom is 0.159 e. The average molecular weight is 315 g/mol. The fourth-order valence-corrected chi connectivity index (χ4v) is 2.77. The molecule has 0 saturated heterocycles. The van der Waals surface area contributed by atoms with Gasteiger partial charge in [0.1, 0.15) is 0 Å². The Morgan fingerprint density at radius 1 is 0.750 bits per heavy atom. The van der Waals surface area contributed by atoms with Crippen LogP contribution in [0.4, 0.5) is 5.69 Å². The van der Waals surface area contributed by atoms with Crippen LogP contribution in [0.1, 0.15) is 28.4 Å². The predicted molar refractivity (Wildman–Crippen MR) is 99.2 cm³/mol. The highest BCUT2D eigenvalue weighted by atomic mass is 16.1. The lowest BCUT2D eigenvalue weighted by molar-refractivity contribution is 0.101. The van der Waals surface area contributed by atoms with Gasteiger partial charge in [-0.1, -0.05) is 72.8 Å². The van der Waals surface area contributed by atoms with Crippen molar-refractivity contribution < 1.29 is 4.79 Å². The number of Topliss-reactive ketones (excluding diaryl/α,β-unsaturated/α-hetero) is 1. The minimum atomic E-state index is 0.0937. The Morgan fingerprint density at radius 2 is 1.29 bits per heavy atom. The van der Waals surface area contributed by atoms with Gasteiger partial charge >= 0.3 is 0 Å². The number of ketones is 1. The first-order valence-corrected chi connectivity index (χ1v) is 8.16. The number of hydrogen-bond acceptors (Lipinski definition) is 2. The van der Waals surface area contributed by atoms with Gasteiger partial charge in [-0.25, -0.2) is 0 Å². The molecule has 3 rings (SSSR count). The predicted octanol–water partition coefficient (Wildman–Crippen LogP) is 5.10. The van der Waals surface area contributed by atoms with Gasteiger partial charge in [-0.2, -0.15) is 0 Å². The first-order valence-electron chi connectivity index (χ1n) is 8.16. The molecular formula is C22H21NO. The van der Waals surface area contributed by atoms with Gasteiger partial charge in [0, 0.05) is 24.3 Å². The standard InChI is InChI=1S/C22H21NO/c1-18(24)21-13-8-14-22(15-21)23(16-19-9-4-2-5-10-19)17-20-11-6-3-7-12-20/h2-15H,16-17H2,1H3. The van der Waals surface area contributed by atoms with Crippen LogP contribution >= 0.6 is 0 Å². The Balaban J connectivity index is 1.92. The summed E-state index contributed by atoms with van der Waals surface area (Å²) >= 11 is 0. The third-order valence-corrected chi connectivity index (χ3v) is 4.05. The number of hydrogen-bond donors (Lipinski definition) is 0. The first kappa shape index (κ1) is 16.0. The van der Waals surface area contributed by atoms with E-state index >= 15 is 0 Å². The SMILES string of the molecule is CC(=O)c1cccc(N(Cc2ccccc2)Cc2ccccc2)c1. The van der Waals surface area contributed by atoms with Crippen molar-refractivity contribution in [1.82, 2.24) is 0 Å². The molecular weight excluding hydrogens is 294 g/mol. The Hall–Kier alpha value is -2.87. The Labute approximate surface area is 143 Å². The van der Waals surface area contributed by atoms with Gasteiger partial charge < -0.3 is 4.90 Å². The molecule has 0 bridgehead atoms. The van der Waals surface area contributed by atoms with Crippen molar-refractivity contribution in [2.45, 2.75) is 20.0 Å². The largest absolute Gasteiger partial charge is 0.363 e. The summed E-state index contributed by atoms with van der Waals surface area (Å²) in [5, 5.41) is 0. The van der Waals surface area contributed by atoms with E-state index in [2.05, 4.69) is 59.5 Å². The lowest BCUT2D eigenvalue weighted by atomic mass is 10.1. The van der Waals surface area contributed by atoms with E-state index in [4.69, 9.17) is 0 Å². The highest BCUT2D eigenvalue weighted by Gasteiger charge is 2.10. The summed E-state index contributed by atoms with van der Waals surface area (Å²) in [6.45, 7) is 3.21. The lowest BCUT2D eigenvalue weighted by Gasteiger charge is -2.25. The molecule has 0 radical (unpaired) electrons. The lowest BCUT2D eigenvalue weighted by Crippen LogP contribution is -2.22. The normalized spacial score (nSPS) is 10.4. The van der Waals surface area contributed by atoms with Crippen LogP contribution in [0.2, 0.25) is 0 Å². The van der Waals surface area contributed by atoms with Crippen LogP contribution in [0, 0.1) is 0 Å². The number of benzene rings is 3. The van der Waals surface area contributed by atoms with Crippen molar-refractivity contribution in [2.24, 2.45) is 0 Å². The van der Waals surface area contributed by atoms with Crippen molar-refractivity contribution in [3.05, 3.63) is 102 Å². The summed E-state index contributed by atoms with van der Waals surface area (Å²) in [4.78, 5) is 14.0. The second-order valence-corrected chi connectivity index (χ2v) is 5.93. The molecule has 0 aromatic heterocycles. The van der Waals surface area contributed by atoms with E-state index in [1.54, 1.807) is 6.92 Å². The summed E-state index contributed by atoms with van der Waals surface area (Å²) in [6, 6.07) is 28.7. The fraction of sp³-hybridized carbons (Fsp3) is 0.136. The molecule has 0 atom stereocenters. The minimum absolute atomic E-state index is 0.0937. The third-order valence-electron chi connectivity index (χ3n) is 4.05. The summed E-state index contributed by atoms with van der Waals surface area (Å²) in [5.41, 5.74) is 4.32. The van der Waals surface area contributed by atoms with Gasteiger partial charge in [-0.3, -0.25) is 4.79 Å². The second kappa shape index (κ2) is 7.60. The molecule has 0 aliphatic rings. The van der Waals surface area contributed by atoms with Crippen molar-refractivity contribution in [3.8, 4) is 0 Å². The van der Waals surface area contributed by atoms with Crippen LogP contribution in [0.25, 0.3) is 0 Å². The summed E-state index contributed by atoms with van der Waals surface area (Å²) in [6.07, 6.45) is 0. The molecule has 0 aliphatic heterocycles. The van der Waals surface area contributed by atoms with E-state index in [9.17, 15) is 4.79 Å². The zero-order valence-electron chi connectivity index (χ0n) is 13.9. The monoisotopic (exact) mass is 315 g/mol. The Bertz CT molecular complexity index is 755. The Kier molecular flexibility index (Phi) is 5.07. The fourth-order valence-electron chi connectivity index (χ4n) is 2.77. The molecule has 0 N–H and O–H groups in total. The van der Waals surface area contributed by atoms with Crippen molar-refractivity contribution in [2.75, 3.05) is 4.90 Å². The highest BCUT2D eigenvalue weighted by Crippen LogP contribution is 2.22. The van der Waals surface area contributed by atoms with Crippen LogP contribution in [-0.2, 0) is 13.1 Å². The number of nitrogens with zero attached hydrogens (tertiary/aromatic N) is 1. The zero-order valence-corrected chi connectivity index (χ0v) is 13.9. The molecule has 0 saturated carbocycles. The van der Waals surface area contributed by atoms with Crippen LogP contribution in [0.15, 0.2) is 84.9 Å². The molecule has 24 heavy (non-hydrogen) atoms. The van der Waals surface area contributed by atoms with Crippen LogP contribution < -0.4 is 4.90 Å². The summed E-state index contributed by atoms with van der Waals surface area (Å²) < 4.78 is 0. The second-order valence-electron chi connectivity index (χ2n) is 5.93. The molecule has 3 aromatic rings. The molecule has 0 unspecified atom stereocenters. The smallest absolute Gasteiger partial charge is 0.159 e. The molecule has 2 heteroatoms. The summed E-state index contributed by atoms with van der Waals surface area (Å²) in [7, 11) is 0. The molecule has 0 amide bonds. The molecule has 3 aromatic carbocycles. The van der Waals surface area contributed by atoms with Gasteiger partial charge in [0.25, 0.3) is 0 Å². The molecule has 0 spiro atoms. The van der Waals surface area contributed by atoms with Gasteiger partial charge in [0.15, 0.2) is 5.78 Å². The van der Waals surface area contributed by atoms with E-state index < -0.39 is 0 Å². The van der Waals surface area contributed by atoms with E-state index in [1.165, 1.54) is 11.1 Å². The minimum Gasteiger partial charge on any atom is -0.363 e. The van der Waals surface area contributed by atoms with Gasteiger partial charge in [-0.05, 0) is 30.2 Å². The van der Waals surface area contributed by atoms with E-state index in [0.717, 1.165) is 24.3 Å². The molecule has 120 valence electrons. The van der Waals surface area contributed by atoms with Crippen LogP contribution in [0.3, 0.4) is 0 Å². The van der Waals surface area contributed by atoms with Crippen molar-refractivity contribution in [3.63, 3.8) is 0 Å². The third kappa shape index (κ3) is 4.11. The Morgan fingerprint density at radius 3 is 1.79 bits per heavy atom. The van der Waals surface area contributed by atoms with Gasteiger partial charge in [0.2, 0.25) is 0 Å².